The molecule has 1 aromatic rings. The lowest BCUT2D eigenvalue weighted by Crippen LogP contribution is -2.34. The minimum atomic E-state index is -0.885. The Kier molecular flexibility index (Phi) is 5.21. The summed E-state index contributed by atoms with van der Waals surface area (Å²) in [5, 5.41) is 2.65. The van der Waals surface area contributed by atoms with Gasteiger partial charge in [-0.2, -0.15) is 0 Å². The Morgan fingerprint density at radius 2 is 2.35 bits per heavy atom. The van der Waals surface area contributed by atoms with Gasteiger partial charge in [0.2, 0.25) is 0 Å². The standard InChI is InChI=1S/C11H15FN2O2S/c1-8(4-6-17(2)16)14-11(15)9-3-5-13-7-10(9)12/h3,5,7-8H,4,6H2,1-2H3,(H,14,15). The topological polar surface area (TPSA) is 59.1 Å². The first-order chi connectivity index (χ1) is 8.00. The van der Waals surface area contributed by atoms with Gasteiger partial charge in [0.1, 0.15) is 0 Å². The fourth-order valence-corrected chi connectivity index (χ4v) is 1.96. The molecule has 1 N–H and O–H groups in total. The van der Waals surface area contributed by atoms with Gasteiger partial charge in [0.15, 0.2) is 5.82 Å². The van der Waals surface area contributed by atoms with E-state index in [1.807, 2.05) is 0 Å². The molecule has 0 bridgehead atoms. The largest absolute Gasteiger partial charge is 0.349 e. The number of nitrogens with zero attached hydrogens (tertiary/aromatic N) is 1. The second kappa shape index (κ2) is 6.44. The molecule has 0 saturated carbocycles. The molecule has 0 saturated heterocycles. The van der Waals surface area contributed by atoms with Gasteiger partial charge in [-0.25, -0.2) is 4.39 Å². The molecule has 2 unspecified atom stereocenters. The molecular weight excluding hydrogens is 243 g/mol. The van der Waals surface area contributed by atoms with E-state index in [2.05, 4.69) is 10.3 Å². The first-order valence-corrected chi connectivity index (χ1v) is 6.94. The van der Waals surface area contributed by atoms with Crippen LogP contribution in [0.15, 0.2) is 18.5 Å². The zero-order valence-corrected chi connectivity index (χ0v) is 10.6. The summed E-state index contributed by atoms with van der Waals surface area (Å²) in [4.78, 5) is 15.2. The van der Waals surface area contributed by atoms with Gasteiger partial charge in [0, 0.05) is 35.0 Å². The summed E-state index contributed by atoms with van der Waals surface area (Å²) < 4.78 is 24.1. The third kappa shape index (κ3) is 4.60. The zero-order valence-electron chi connectivity index (χ0n) is 9.77. The van der Waals surface area contributed by atoms with Crippen LogP contribution in [0.3, 0.4) is 0 Å². The highest BCUT2D eigenvalue weighted by Crippen LogP contribution is 2.05. The van der Waals surface area contributed by atoms with Crippen molar-refractivity contribution < 1.29 is 13.4 Å². The van der Waals surface area contributed by atoms with E-state index >= 15 is 0 Å². The van der Waals surface area contributed by atoms with Crippen LogP contribution in [0.2, 0.25) is 0 Å². The van der Waals surface area contributed by atoms with Crippen LogP contribution in [0.1, 0.15) is 23.7 Å². The molecule has 1 heterocycles. The third-order valence-corrected chi connectivity index (χ3v) is 3.04. The minimum absolute atomic E-state index is 0.0236. The van der Waals surface area contributed by atoms with E-state index in [1.165, 1.54) is 12.3 Å². The van der Waals surface area contributed by atoms with Crippen molar-refractivity contribution in [3.8, 4) is 0 Å². The lowest BCUT2D eigenvalue weighted by molar-refractivity contribution is 0.0935. The molecule has 0 aliphatic rings. The van der Waals surface area contributed by atoms with Crippen LogP contribution in [-0.2, 0) is 10.8 Å². The highest BCUT2D eigenvalue weighted by molar-refractivity contribution is 7.84. The molecule has 94 valence electrons. The van der Waals surface area contributed by atoms with Crippen LogP contribution in [0.5, 0.6) is 0 Å². The third-order valence-electron chi connectivity index (χ3n) is 2.23. The van der Waals surface area contributed by atoms with Gasteiger partial charge in [-0.05, 0) is 19.4 Å². The second-order valence-electron chi connectivity index (χ2n) is 3.80. The Morgan fingerprint density at radius 1 is 1.65 bits per heavy atom. The van der Waals surface area contributed by atoms with Crippen molar-refractivity contribution >= 4 is 16.7 Å². The molecule has 0 radical (unpaired) electrons. The number of aromatic nitrogens is 1. The van der Waals surface area contributed by atoms with E-state index in [1.54, 1.807) is 13.2 Å². The Bertz CT molecular complexity index is 426. The van der Waals surface area contributed by atoms with Crippen molar-refractivity contribution in [3.63, 3.8) is 0 Å². The van der Waals surface area contributed by atoms with Crippen LogP contribution >= 0.6 is 0 Å². The fraction of sp³-hybridized carbons (Fsp3) is 0.455. The van der Waals surface area contributed by atoms with Crippen LogP contribution in [-0.4, -0.2) is 33.2 Å². The van der Waals surface area contributed by atoms with Crippen molar-refractivity contribution in [2.45, 2.75) is 19.4 Å². The average Bonchev–Trinajstić information content (AvgIpc) is 2.26. The fourth-order valence-electron chi connectivity index (χ4n) is 1.28. The number of pyridine rings is 1. The number of carbonyl (C=O) groups is 1. The second-order valence-corrected chi connectivity index (χ2v) is 5.35. The first kappa shape index (κ1) is 13.8. The Morgan fingerprint density at radius 3 is 2.94 bits per heavy atom. The number of rotatable bonds is 5. The summed E-state index contributed by atoms with van der Waals surface area (Å²) in [6.07, 6.45) is 4.57. The van der Waals surface area contributed by atoms with Crippen LogP contribution in [0, 0.1) is 5.82 Å². The minimum Gasteiger partial charge on any atom is -0.349 e. The van der Waals surface area contributed by atoms with Crippen molar-refractivity contribution in [2.75, 3.05) is 12.0 Å². The highest BCUT2D eigenvalue weighted by atomic mass is 32.2. The number of hydrogen-bond donors (Lipinski definition) is 1. The molecule has 0 fully saturated rings. The molecular formula is C11H15FN2O2S. The molecule has 17 heavy (non-hydrogen) atoms. The maximum Gasteiger partial charge on any atom is 0.254 e. The lowest BCUT2D eigenvalue weighted by Gasteiger charge is -2.13. The predicted octanol–water partition coefficient (Wildman–Crippen LogP) is 1.11. The van der Waals surface area contributed by atoms with Gasteiger partial charge in [0.05, 0.1) is 11.8 Å². The van der Waals surface area contributed by atoms with Crippen molar-refractivity contribution in [2.24, 2.45) is 0 Å². The van der Waals surface area contributed by atoms with Gasteiger partial charge >= 0.3 is 0 Å². The van der Waals surface area contributed by atoms with E-state index in [0.717, 1.165) is 6.20 Å². The van der Waals surface area contributed by atoms with E-state index in [-0.39, 0.29) is 11.6 Å². The summed E-state index contributed by atoms with van der Waals surface area (Å²) in [5.41, 5.74) is -0.0236. The van der Waals surface area contributed by atoms with Crippen molar-refractivity contribution in [1.29, 1.82) is 0 Å². The van der Waals surface area contributed by atoms with Crippen LogP contribution in [0.4, 0.5) is 4.39 Å². The average molecular weight is 258 g/mol. The van der Waals surface area contributed by atoms with E-state index in [9.17, 15) is 13.4 Å². The monoisotopic (exact) mass is 258 g/mol. The maximum atomic E-state index is 13.2. The number of carbonyl (C=O) groups excluding carboxylic acids is 1. The van der Waals surface area contributed by atoms with Crippen molar-refractivity contribution in [3.05, 3.63) is 29.8 Å². The molecule has 1 rings (SSSR count). The molecule has 0 aromatic carbocycles. The molecule has 1 amide bonds. The number of amides is 1. The van der Waals surface area contributed by atoms with E-state index in [4.69, 9.17) is 0 Å². The van der Waals surface area contributed by atoms with Gasteiger partial charge in [-0.15, -0.1) is 0 Å². The molecule has 1 aromatic heterocycles. The maximum absolute atomic E-state index is 13.2. The Labute approximate surface area is 102 Å². The number of nitrogens with one attached hydrogen (secondary N) is 1. The van der Waals surface area contributed by atoms with Gasteiger partial charge < -0.3 is 5.32 Å². The SMILES string of the molecule is CC(CCS(C)=O)NC(=O)c1ccncc1F. The normalized spacial score (nSPS) is 14.1. The van der Waals surface area contributed by atoms with Gasteiger partial charge in [0.25, 0.3) is 5.91 Å². The quantitative estimate of drug-likeness (QED) is 0.860. The molecule has 0 aliphatic heterocycles. The van der Waals surface area contributed by atoms with Gasteiger partial charge in [-0.3, -0.25) is 14.0 Å². The molecule has 2 atom stereocenters. The molecule has 0 aliphatic carbocycles. The van der Waals surface area contributed by atoms with Crippen molar-refractivity contribution in [1.82, 2.24) is 10.3 Å². The van der Waals surface area contributed by atoms with E-state index < -0.39 is 22.5 Å². The smallest absolute Gasteiger partial charge is 0.254 e. The predicted molar refractivity (Wildman–Crippen MR) is 64.7 cm³/mol. The summed E-state index contributed by atoms with van der Waals surface area (Å²) in [5.74, 6) is -0.601. The summed E-state index contributed by atoms with van der Waals surface area (Å²) >= 11 is 0. The molecule has 6 heteroatoms. The van der Waals surface area contributed by atoms with Crippen LogP contribution < -0.4 is 5.32 Å². The summed E-state index contributed by atoms with van der Waals surface area (Å²) in [7, 11) is -0.885. The summed E-state index contributed by atoms with van der Waals surface area (Å²) in [6.45, 7) is 1.80. The summed E-state index contributed by atoms with van der Waals surface area (Å²) in [6, 6.07) is 1.19. The first-order valence-electron chi connectivity index (χ1n) is 5.21. The Balaban J connectivity index is 2.55. The molecule has 4 nitrogen and oxygen atoms in total. The molecule has 0 spiro atoms. The van der Waals surface area contributed by atoms with E-state index in [0.29, 0.717) is 12.2 Å². The lowest BCUT2D eigenvalue weighted by atomic mass is 10.2. The zero-order chi connectivity index (χ0) is 12.8. The van der Waals surface area contributed by atoms with Crippen LogP contribution in [0.25, 0.3) is 0 Å². The van der Waals surface area contributed by atoms with Gasteiger partial charge in [-0.1, -0.05) is 0 Å². The highest BCUT2D eigenvalue weighted by Gasteiger charge is 2.13. The number of halogens is 1. The Hall–Kier alpha value is -1.30. The number of hydrogen-bond acceptors (Lipinski definition) is 3.